The van der Waals surface area contributed by atoms with Gasteiger partial charge in [0.1, 0.15) is 30.8 Å². The van der Waals surface area contributed by atoms with E-state index < -0.39 is 6.10 Å². The normalized spacial score (nSPS) is 11.2. The molecular weight excluding hydrogens is 1610 g/mol. The first-order chi connectivity index (χ1) is 60.3. The molecule has 23 heteroatoms. The van der Waals surface area contributed by atoms with Crippen LogP contribution >= 0.6 is 15.9 Å². The number of oxime groups is 1. The van der Waals surface area contributed by atoms with Gasteiger partial charge in [0, 0.05) is 83.1 Å². The van der Waals surface area contributed by atoms with Crippen molar-refractivity contribution >= 4 is 45.1 Å². The van der Waals surface area contributed by atoms with Gasteiger partial charge in [0.15, 0.2) is 46.6 Å². The summed E-state index contributed by atoms with van der Waals surface area (Å²) in [6, 6.07) is 106. The lowest BCUT2D eigenvalue weighted by Gasteiger charge is -2.20. The molecule has 0 fully saturated rings. The van der Waals surface area contributed by atoms with Crippen LogP contribution in [-0.2, 0) is 60.3 Å². The Morgan fingerprint density at radius 2 is 0.790 bits per heavy atom. The van der Waals surface area contributed by atoms with Gasteiger partial charge in [-0.2, -0.15) is 30.9 Å². The average molecular weight is 1710 g/mol. The van der Waals surface area contributed by atoms with E-state index in [1.165, 1.54) is 32.3 Å². The molecule has 3 atom stereocenters. The van der Waals surface area contributed by atoms with Gasteiger partial charge in [0.05, 0.1) is 23.3 Å². The zero-order chi connectivity index (χ0) is 88.1. The van der Waals surface area contributed by atoms with Crippen molar-refractivity contribution in [3.63, 3.8) is 0 Å². The number of nitrogens with zero attached hydrogens (tertiary/aromatic N) is 15. The fourth-order valence-corrected chi connectivity index (χ4v) is 13.2. The second-order valence-corrected chi connectivity index (χ2v) is 29.4. The summed E-state index contributed by atoms with van der Waals surface area (Å²) in [6.07, 6.45) is 6.74. The van der Waals surface area contributed by atoms with Crippen LogP contribution < -0.4 is 22.1 Å². The molecule has 4 heterocycles. The standard InChI is InChI=1S/C25H26N6O.C25H23N5.C18H19N3O.C9H9N3.C9H10O.C8H9Br.C7H6N2/c1-3-17-8-7-11-20(16-17)22(27-21-14-12-18(13-15-21)23(26)30-32)25-28-24(29-31(25)2)19-9-5-4-6-10-19;1-3-18-8-7-11-21(16-18)23(27-22-14-12-19(17-26)13-15-22)25-28-24(29-30(25)2)20-9-5-4-6-10-20;1-3-13-8-7-11-15(12-13)16(22)18-19-17(20-21(18)2)14-9-5-4-6-10-14;1-12-7-10-9(11-12)8-5-3-2-4-6-8;1-2-8-4-3-5-9(6-8)7-10;1-2-7-4-3-5-8(9)6-7;8-5-6-1-3-7(9)4-2-6/h4-16,22,27,32H,3H2,1-2H3,(H2,26,30);4-16,23,27H,3H2,1-2H3;4-12,16,22H,3H2,1-2H3;2-7H,1H3;3-7H,2H2,1H3;3-6H,2H2,1H3;1-4H,9H2. The van der Waals surface area contributed by atoms with Gasteiger partial charge in [-0.3, -0.25) is 18.8 Å². The largest absolute Gasteiger partial charge is 0.409 e. The molecule has 0 saturated carbocycles. The number of amidine groups is 1. The van der Waals surface area contributed by atoms with E-state index in [4.69, 9.17) is 37.2 Å². The lowest BCUT2D eigenvalue weighted by atomic mass is 10.0. The Kier molecular flexibility index (Phi) is 34.7. The summed E-state index contributed by atoms with van der Waals surface area (Å²) in [5.41, 5.74) is 29.6. The molecular formula is C101H102BrN19O3. The Hall–Kier alpha value is -15.0. The number of anilines is 3. The van der Waals surface area contributed by atoms with Crippen LogP contribution in [0.2, 0.25) is 0 Å². The minimum Gasteiger partial charge on any atom is -0.409 e. The number of aliphatic hydroxyl groups is 1. The van der Waals surface area contributed by atoms with E-state index in [0.717, 1.165) is 112 Å². The number of nitriles is 2. The number of hydrogen-bond donors (Lipinski definition) is 6. The molecule has 0 bridgehead atoms. The number of aryl methyl sites for hydroxylation is 9. The molecule has 16 rings (SSSR count). The molecule has 0 saturated heterocycles. The monoisotopic (exact) mass is 1710 g/mol. The Labute approximate surface area is 733 Å². The Bertz CT molecular complexity index is 6100. The fraction of sp³-hybridized carbons (Fsp3) is 0.168. The molecule has 0 aliphatic carbocycles. The van der Waals surface area contributed by atoms with E-state index in [0.29, 0.717) is 45.7 Å². The number of nitrogens with one attached hydrogen (secondary N) is 2. The predicted octanol–water partition coefficient (Wildman–Crippen LogP) is 20.3. The van der Waals surface area contributed by atoms with Crippen molar-refractivity contribution in [1.29, 1.82) is 10.5 Å². The number of carbonyl (C=O) groups excluding carboxylic acids is 1. The van der Waals surface area contributed by atoms with Crippen molar-refractivity contribution < 1.29 is 15.1 Å². The number of aliphatic hydroxyl groups excluding tert-OH is 1. The second-order valence-electron chi connectivity index (χ2n) is 28.5. The van der Waals surface area contributed by atoms with Crippen LogP contribution in [0.3, 0.4) is 0 Å². The molecule has 0 amide bonds. The molecule has 0 spiro atoms. The van der Waals surface area contributed by atoms with Crippen molar-refractivity contribution in [3.8, 4) is 57.7 Å². The SMILES string of the molecule is CCc1cccc(Br)c1.CCc1cccc(C(Nc2ccc(/C(N)=N/O)cc2)c2nc(-c3ccccc3)nn2C)c1.CCc1cccc(C(Nc2ccc(C#N)cc2)c2nc(-c3ccccc3)nn2C)c1.CCc1cccc(C(O)c2nc(-c3ccccc3)nn2C)c1.CCc1cccc(C=O)c1.Cn1cnc(-c2ccccc2)n1.N#Cc1ccc(N)cc1. The average Bonchev–Trinajstić information content (AvgIpc) is 1.68. The van der Waals surface area contributed by atoms with Crippen molar-refractivity contribution in [3.05, 3.63) is 410 Å². The Morgan fingerprint density at radius 3 is 1.17 bits per heavy atom. The molecule has 0 aliphatic rings. The maximum absolute atomic E-state index is 10.6. The highest BCUT2D eigenvalue weighted by Crippen LogP contribution is 2.32. The highest BCUT2D eigenvalue weighted by atomic mass is 79.9. The maximum atomic E-state index is 10.6. The maximum Gasteiger partial charge on any atom is 0.181 e. The van der Waals surface area contributed by atoms with Gasteiger partial charge >= 0.3 is 0 Å². The highest BCUT2D eigenvalue weighted by molar-refractivity contribution is 9.10. The van der Waals surface area contributed by atoms with E-state index in [1.807, 2.05) is 262 Å². The fourth-order valence-electron chi connectivity index (χ4n) is 12.8. The quantitative estimate of drug-likeness (QED) is 0.00972. The lowest BCUT2D eigenvalue weighted by molar-refractivity contribution is 0.112. The minimum absolute atomic E-state index is 0.0737. The number of rotatable bonds is 21. The van der Waals surface area contributed by atoms with Gasteiger partial charge in [0.2, 0.25) is 0 Å². The Balaban J connectivity index is 0.000000160. The van der Waals surface area contributed by atoms with Gasteiger partial charge < -0.3 is 32.4 Å². The van der Waals surface area contributed by atoms with Gasteiger partial charge in [0.25, 0.3) is 0 Å². The van der Waals surface area contributed by atoms with Crippen LogP contribution in [0.1, 0.15) is 142 Å². The molecule has 8 N–H and O–H groups in total. The van der Waals surface area contributed by atoms with Crippen molar-refractivity contribution in [2.45, 2.75) is 84.9 Å². The summed E-state index contributed by atoms with van der Waals surface area (Å²) in [5.74, 6) is 5.04. The number of aldehydes is 1. The van der Waals surface area contributed by atoms with E-state index in [1.54, 1.807) is 40.0 Å². The lowest BCUT2D eigenvalue weighted by Crippen LogP contribution is -2.18. The molecule has 12 aromatic carbocycles. The third-order valence-electron chi connectivity index (χ3n) is 19.7. The van der Waals surface area contributed by atoms with Crippen LogP contribution in [-0.4, -0.2) is 81.5 Å². The van der Waals surface area contributed by atoms with Crippen molar-refractivity contribution in [2.24, 2.45) is 39.1 Å². The number of hydrogen-bond acceptors (Lipinski definition) is 17. The first-order valence-electron chi connectivity index (χ1n) is 40.7. The summed E-state index contributed by atoms with van der Waals surface area (Å²) in [4.78, 5) is 28.7. The third kappa shape index (κ3) is 26.7. The summed E-state index contributed by atoms with van der Waals surface area (Å²) in [5, 5.41) is 65.1. The number of carbonyl (C=O) groups is 1. The zero-order valence-electron chi connectivity index (χ0n) is 71.0. The molecule has 22 nitrogen and oxygen atoms in total. The number of nitrogens with two attached hydrogens (primary N) is 2. The number of aromatic nitrogens is 12. The van der Waals surface area contributed by atoms with E-state index >= 15 is 0 Å². The number of nitrogen functional groups attached to an aromatic ring is 1. The van der Waals surface area contributed by atoms with Crippen LogP contribution in [0.5, 0.6) is 0 Å². The first-order valence-corrected chi connectivity index (χ1v) is 41.5. The van der Waals surface area contributed by atoms with Crippen LogP contribution in [0, 0.1) is 22.7 Å². The van der Waals surface area contributed by atoms with E-state index in [2.05, 4.69) is 176 Å². The Morgan fingerprint density at radius 1 is 0.435 bits per heavy atom. The summed E-state index contributed by atoms with van der Waals surface area (Å²) in [7, 11) is 7.50. The molecule has 4 aromatic heterocycles. The van der Waals surface area contributed by atoms with Gasteiger partial charge in [-0.15, -0.1) is 0 Å². The van der Waals surface area contributed by atoms with E-state index in [9.17, 15) is 9.90 Å². The molecule has 16 aromatic rings. The highest BCUT2D eigenvalue weighted by Gasteiger charge is 2.25. The summed E-state index contributed by atoms with van der Waals surface area (Å²) < 4.78 is 8.17. The van der Waals surface area contributed by atoms with Gasteiger partial charge in [-0.25, -0.2) is 24.6 Å². The van der Waals surface area contributed by atoms with Crippen LogP contribution in [0.4, 0.5) is 17.1 Å². The smallest absolute Gasteiger partial charge is 0.181 e. The molecule has 0 radical (unpaired) electrons. The molecule has 124 heavy (non-hydrogen) atoms. The molecule has 3 unspecified atom stereocenters. The summed E-state index contributed by atoms with van der Waals surface area (Å²) in [6.45, 7) is 10.6. The third-order valence-corrected chi connectivity index (χ3v) is 20.2. The van der Waals surface area contributed by atoms with Gasteiger partial charge in [-0.05, 0) is 168 Å². The van der Waals surface area contributed by atoms with Crippen LogP contribution in [0.15, 0.2) is 331 Å². The van der Waals surface area contributed by atoms with E-state index in [-0.39, 0.29) is 17.9 Å². The van der Waals surface area contributed by atoms with Crippen molar-refractivity contribution in [1.82, 2.24) is 59.1 Å². The van der Waals surface area contributed by atoms with Gasteiger partial charge in [-0.1, -0.05) is 280 Å². The number of halogens is 1. The summed E-state index contributed by atoms with van der Waals surface area (Å²) >= 11 is 3.40. The molecule has 0 aliphatic heterocycles. The first kappa shape index (κ1) is 91.3. The number of benzene rings is 12. The topological polar surface area (TPSA) is 316 Å². The van der Waals surface area contributed by atoms with Crippen LogP contribution in [0.25, 0.3) is 45.6 Å². The zero-order valence-corrected chi connectivity index (χ0v) is 72.6. The minimum atomic E-state index is -0.776. The second kappa shape index (κ2) is 47.1. The molecule has 626 valence electrons. The predicted molar refractivity (Wildman–Crippen MR) is 499 cm³/mol. The van der Waals surface area contributed by atoms with Crippen molar-refractivity contribution in [2.75, 3.05) is 16.4 Å².